The minimum atomic E-state index is -0.161. The Morgan fingerprint density at radius 1 is 1.32 bits per heavy atom. The summed E-state index contributed by atoms with van der Waals surface area (Å²) in [4.78, 5) is 25.9. The van der Waals surface area contributed by atoms with Crippen molar-refractivity contribution in [3.8, 4) is 0 Å². The maximum atomic E-state index is 12.2. The van der Waals surface area contributed by atoms with Crippen LogP contribution in [0.25, 0.3) is 0 Å². The summed E-state index contributed by atoms with van der Waals surface area (Å²) >= 11 is 1.88. The van der Waals surface area contributed by atoms with Gasteiger partial charge >= 0.3 is 0 Å². The van der Waals surface area contributed by atoms with Crippen LogP contribution in [0.3, 0.4) is 0 Å². The Morgan fingerprint density at radius 2 is 2.05 bits per heavy atom. The van der Waals surface area contributed by atoms with Crippen LogP contribution in [0.4, 0.5) is 0 Å². The average molecular weight is 276 g/mol. The van der Waals surface area contributed by atoms with E-state index in [0.29, 0.717) is 12.0 Å². The van der Waals surface area contributed by atoms with Crippen molar-refractivity contribution in [2.45, 2.75) is 12.5 Å². The first kappa shape index (κ1) is 12.5. The van der Waals surface area contributed by atoms with Gasteiger partial charge < -0.3 is 10.2 Å². The van der Waals surface area contributed by atoms with Crippen molar-refractivity contribution in [1.82, 2.24) is 10.2 Å². The van der Waals surface area contributed by atoms with Crippen molar-refractivity contribution in [3.05, 3.63) is 35.4 Å². The number of hydrogen-bond donors (Lipinski definition) is 1. The summed E-state index contributed by atoms with van der Waals surface area (Å²) in [6.07, 6.45) is 0.368. The predicted molar refractivity (Wildman–Crippen MR) is 75.2 cm³/mol. The zero-order valence-electron chi connectivity index (χ0n) is 10.6. The highest BCUT2D eigenvalue weighted by molar-refractivity contribution is 7.99. The first-order valence-corrected chi connectivity index (χ1v) is 7.66. The van der Waals surface area contributed by atoms with Gasteiger partial charge in [0, 0.05) is 30.2 Å². The normalized spacial score (nSPS) is 22.0. The summed E-state index contributed by atoms with van der Waals surface area (Å²) in [6, 6.07) is 7.34. The fourth-order valence-electron chi connectivity index (χ4n) is 2.60. The Bertz CT molecular complexity index is 512. The monoisotopic (exact) mass is 276 g/mol. The number of hydrogen-bond acceptors (Lipinski definition) is 3. The molecule has 2 aliphatic rings. The second kappa shape index (κ2) is 5.25. The fraction of sp³-hybridized carbons (Fsp3) is 0.429. The van der Waals surface area contributed by atoms with Gasteiger partial charge in [-0.3, -0.25) is 9.59 Å². The van der Waals surface area contributed by atoms with E-state index in [1.165, 1.54) is 0 Å². The second-order valence-electron chi connectivity index (χ2n) is 4.81. The molecule has 0 aliphatic carbocycles. The average Bonchev–Trinajstić information content (AvgIpc) is 2.77. The maximum absolute atomic E-state index is 12.2. The third kappa shape index (κ3) is 2.47. The molecule has 1 unspecified atom stereocenters. The van der Waals surface area contributed by atoms with E-state index in [1.54, 1.807) is 0 Å². The molecule has 1 fully saturated rings. The van der Waals surface area contributed by atoms with Crippen molar-refractivity contribution >= 4 is 23.6 Å². The molecular weight excluding hydrogens is 260 g/mol. The summed E-state index contributed by atoms with van der Waals surface area (Å²) in [7, 11) is 0. The lowest BCUT2D eigenvalue weighted by molar-refractivity contribution is -0.131. The molecule has 0 saturated carbocycles. The molecule has 0 bridgehead atoms. The summed E-state index contributed by atoms with van der Waals surface area (Å²) in [5.41, 5.74) is 1.65. The summed E-state index contributed by atoms with van der Waals surface area (Å²) in [5.74, 6) is 2.10. The van der Waals surface area contributed by atoms with Gasteiger partial charge in [0.15, 0.2) is 0 Å². The van der Waals surface area contributed by atoms with Crippen molar-refractivity contribution in [2.24, 2.45) is 0 Å². The zero-order valence-corrected chi connectivity index (χ0v) is 11.4. The Labute approximate surface area is 116 Å². The minimum absolute atomic E-state index is 0.0670. The number of nitrogens with zero attached hydrogens (tertiary/aromatic N) is 1. The molecule has 5 heteroatoms. The number of thioether (sulfide) groups is 1. The van der Waals surface area contributed by atoms with Crippen LogP contribution < -0.4 is 5.32 Å². The van der Waals surface area contributed by atoms with Crippen LogP contribution in [0.2, 0.25) is 0 Å². The quantitative estimate of drug-likeness (QED) is 0.889. The molecule has 19 heavy (non-hydrogen) atoms. The number of benzene rings is 1. The molecule has 1 N–H and O–H groups in total. The molecule has 1 saturated heterocycles. The summed E-state index contributed by atoms with van der Waals surface area (Å²) < 4.78 is 0. The number of fused-ring (bicyclic) bond motifs is 1. The van der Waals surface area contributed by atoms with Crippen LogP contribution in [-0.4, -0.2) is 41.3 Å². The largest absolute Gasteiger partial charge is 0.345 e. The van der Waals surface area contributed by atoms with E-state index in [-0.39, 0.29) is 17.9 Å². The Kier molecular flexibility index (Phi) is 3.46. The molecule has 100 valence electrons. The van der Waals surface area contributed by atoms with E-state index < -0.39 is 0 Å². The SMILES string of the molecule is O=C1NC(CC(=O)N2CCSCC2)c2ccccc21. The highest BCUT2D eigenvalue weighted by Crippen LogP contribution is 2.28. The van der Waals surface area contributed by atoms with Gasteiger partial charge in [-0.25, -0.2) is 0 Å². The molecule has 1 aromatic carbocycles. The number of carbonyl (C=O) groups excluding carboxylic acids is 2. The number of amides is 2. The number of rotatable bonds is 2. The molecule has 1 aromatic rings. The maximum Gasteiger partial charge on any atom is 0.252 e. The fourth-order valence-corrected chi connectivity index (χ4v) is 3.50. The van der Waals surface area contributed by atoms with Crippen LogP contribution in [0, 0.1) is 0 Å². The van der Waals surface area contributed by atoms with Gasteiger partial charge in [-0.2, -0.15) is 11.8 Å². The lowest BCUT2D eigenvalue weighted by atomic mass is 10.0. The van der Waals surface area contributed by atoms with Crippen LogP contribution in [-0.2, 0) is 4.79 Å². The molecule has 3 rings (SSSR count). The van der Waals surface area contributed by atoms with Crippen LogP contribution in [0.5, 0.6) is 0 Å². The topological polar surface area (TPSA) is 49.4 Å². The number of carbonyl (C=O) groups is 2. The third-order valence-corrected chi connectivity index (χ3v) is 4.57. The van der Waals surface area contributed by atoms with Gasteiger partial charge in [-0.15, -0.1) is 0 Å². The van der Waals surface area contributed by atoms with Crippen molar-refractivity contribution < 1.29 is 9.59 Å². The van der Waals surface area contributed by atoms with Gasteiger partial charge in [0.25, 0.3) is 5.91 Å². The zero-order chi connectivity index (χ0) is 13.2. The first-order valence-electron chi connectivity index (χ1n) is 6.51. The van der Waals surface area contributed by atoms with Crippen molar-refractivity contribution in [3.63, 3.8) is 0 Å². The van der Waals surface area contributed by atoms with Crippen molar-refractivity contribution in [1.29, 1.82) is 0 Å². The van der Waals surface area contributed by atoms with Gasteiger partial charge in [-0.05, 0) is 11.6 Å². The van der Waals surface area contributed by atoms with Crippen LogP contribution in [0.1, 0.15) is 28.4 Å². The van der Waals surface area contributed by atoms with E-state index in [1.807, 2.05) is 40.9 Å². The third-order valence-electron chi connectivity index (χ3n) is 3.63. The van der Waals surface area contributed by atoms with Gasteiger partial charge in [-0.1, -0.05) is 18.2 Å². The lowest BCUT2D eigenvalue weighted by Crippen LogP contribution is -2.39. The highest BCUT2D eigenvalue weighted by atomic mass is 32.2. The predicted octanol–water partition coefficient (Wildman–Crippen LogP) is 1.44. The van der Waals surface area contributed by atoms with Crippen LogP contribution >= 0.6 is 11.8 Å². The first-order chi connectivity index (χ1) is 9.25. The van der Waals surface area contributed by atoms with Gasteiger partial charge in [0.1, 0.15) is 0 Å². The molecule has 0 aromatic heterocycles. The standard InChI is InChI=1S/C14H16N2O2S/c17-13(16-5-7-19-8-6-16)9-12-10-3-1-2-4-11(10)14(18)15-12/h1-4,12H,5-9H2,(H,15,18). The number of nitrogens with one attached hydrogen (secondary N) is 1. The molecule has 0 spiro atoms. The Balaban J connectivity index is 1.71. The minimum Gasteiger partial charge on any atom is -0.345 e. The smallest absolute Gasteiger partial charge is 0.252 e. The molecule has 2 heterocycles. The van der Waals surface area contributed by atoms with E-state index in [2.05, 4.69) is 5.32 Å². The second-order valence-corrected chi connectivity index (χ2v) is 6.04. The summed E-state index contributed by atoms with van der Waals surface area (Å²) in [5, 5.41) is 2.90. The molecule has 2 aliphatic heterocycles. The van der Waals surface area contributed by atoms with E-state index in [0.717, 1.165) is 30.2 Å². The molecule has 0 radical (unpaired) electrons. The molecule has 4 nitrogen and oxygen atoms in total. The van der Waals surface area contributed by atoms with Crippen molar-refractivity contribution in [2.75, 3.05) is 24.6 Å². The Hall–Kier alpha value is -1.49. The molecule has 1 atom stereocenters. The van der Waals surface area contributed by atoms with Gasteiger partial charge in [0.05, 0.1) is 12.5 Å². The molecule has 2 amide bonds. The highest BCUT2D eigenvalue weighted by Gasteiger charge is 2.31. The van der Waals surface area contributed by atoms with Crippen LogP contribution in [0.15, 0.2) is 24.3 Å². The van der Waals surface area contributed by atoms with E-state index in [9.17, 15) is 9.59 Å². The Morgan fingerprint density at radius 3 is 2.84 bits per heavy atom. The van der Waals surface area contributed by atoms with E-state index >= 15 is 0 Å². The molecular formula is C14H16N2O2S. The van der Waals surface area contributed by atoms with Gasteiger partial charge in [0.2, 0.25) is 5.91 Å². The summed E-state index contributed by atoms with van der Waals surface area (Å²) in [6.45, 7) is 1.65. The van der Waals surface area contributed by atoms with E-state index in [4.69, 9.17) is 0 Å². The lowest BCUT2D eigenvalue weighted by Gasteiger charge is -2.27.